The number of anilines is 1. The van der Waals surface area contributed by atoms with Crippen molar-refractivity contribution in [3.05, 3.63) is 53.4 Å². The van der Waals surface area contributed by atoms with Gasteiger partial charge in [-0.25, -0.2) is 22.2 Å². The van der Waals surface area contributed by atoms with Crippen LogP contribution in [-0.4, -0.2) is 36.5 Å². The largest absolute Gasteiger partial charge is 0.492 e. The molecule has 30 heavy (non-hydrogen) atoms. The molecule has 10 heteroatoms. The van der Waals surface area contributed by atoms with Crippen LogP contribution in [-0.2, 0) is 16.4 Å². The smallest absolute Gasteiger partial charge is 0.232 e. The maximum Gasteiger partial charge on any atom is 0.232 e. The zero-order valence-electron chi connectivity index (χ0n) is 16.5. The highest BCUT2D eigenvalue weighted by atomic mass is 32.2. The number of nitrogens with one attached hydrogen (secondary N) is 2. The number of aromatic nitrogens is 2. The molecule has 7 nitrogen and oxygen atoms in total. The molecule has 0 unspecified atom stereocenters. The Balaban J connectivity index is 1.90. The highest BCUT2D eigenvalue weighted by Crippen LogP contribution is 2.27. The highest BCUT2D eigenvalue weighted by molar-refractivity contribution is 7.92. The van der Waals surface area contributed by atoms with Gasteiger partial charge in [0.15, 0.2) is 11.6 Å². The van der Waals surface area contributed by atoms with Crippen LogP contribution in [0.5, 0.6) is 5.75 Å². The van der Waals surface area contributed by atoms with Crippen molar-refractivity contribution in [2.24, 2.45) is 0 Å². The molecule has 2 heterocycles. The number of hydrogen-bond acceptors (Lipinski definition) is 5. The molecule has 0 saturated heterocycles. The minimum absolute atomic E-state index is 0.225. The molecule has 0 saturated carbocycles. The van der Waals surface area contributed by atoms with E-state index in [-0.39, 0.29) is 12.2 Å². The van der Waals surface area contributed by atoms with Gasteiger partial charge in [0.2, 0.25) is 10.0 Å². The molecule has 2 N–H and O–H groups in total. The number of halogens is 2. The molecule has 2 aromatic heterocycles. The van der Waals surface area contributed by atoms with E-state index in [9.17, 15) is 22.0 Å². The summed E-state index contributed by atoms with van der Waals surface area (Å²) in [7, 11) is -3.80. The Bertz CT molecular complexity index is 1190. The lowest BCUT2D eigenvalue weighted by Gasteiger charge is -2.11. The van der Waals surface area contributed by atoms with Gasteiger partial charge in [0.05, 0.1) is 29.0 Å². The van der Waals surface area contributed by atoms with E-state index >= 15 is 0 Å². The molecule has 0 atom stereocenters. The van der Waals surface area contributed by atoms with Crippen molar-refractivity contribution in [2.75, 3.05) is 17.1 Å². The summed E-state index contributed by atoms with van der Waals surface area (Å²) in [4.78, 5) is 19.8. The van der Waals surface area contributed by atoms with E-state index in [1.807, 2.05) is 6.92 Å². The Morgan fingerprint density at radius 1 is 1.27 bits per heavy atom. The lowest BCUT2D eigenvalue weighted by molar-refractivity contribution is 0.0985. The summed E-state index contributed by atoms with van der Waals surface area (Å²) < 4.78 is 60.4. The van der Waals surface area contributed by atoms with Crippen LogP contribution < -0.4 is 9.46 Å². The Morgan fingerprint density at radius 3 is 2.73 bits per heavy atom. The van der Waals surface area contributed by atoms with Gasteiger partial charge in [-0.3, -0.25) is 9.52 Å². The van der Waals surface area contributed by atoms with Crippen molar-refractivity contribution in [3.63, 3.8) is 0 Å². The van der Waals surface area contributed by atoms with E-state index in [0.29, 0.717) is 35.4 Å². The van der Waals surface area contributed by atoms with E-state index in [4.69, 9.17) is 4.74 Å². The molecule has 0 aliphatic rings. The second-order valence-electron chi connectivity index (χ2n) is 6.63. The Labute approximate surface area is 172 Å². The fraction of sp³-hybridized carbons (Fsp3) is 0.300. The Kier molecular flexibility index (Phi) is 6.35. The molecule has 0 aliphatic heterocycles. The Morgan fingerprint density at radius 2 is 2.03 bits per heavy atom. The van der Waals surface area contributed by atoms with Crippen LogP contribution in [0, 0.1) is 11.6 Å². The van der Waals surface area contributed by atoms with E-state index in [2.05, 4.69) is 14.7 Å². The van der Waals surface area contributed by atoms with E-state index in [1.165, 1.54) is 6.20 Å². The fourth-order valence-electron chi connectivity index (χ4n) is 3.04. The topological polar surface area (TPSA) is 101 Å². The first-order valence-electron chi connectivity index (χ1n) is 9.36. The number of fused-ring (bicyclic) bond motifs is 1. The van der Waals surface area contributed by atoms with E-state index < -0.39 is 38.7 Å². The number of H-pyrrole nitrogens is 1. The van der Waals surface area contributed by atoms with Crippen LogP contribution in [0.1, 0.15) is 36.2 Å². The third kappa shape index (κ3) is 4.59. The zero-order valence-corrected chi connectivity index (χ0v) is 17.3. The monoisotopic (exact) mass is 437 g/mol. The van der Waals surface area contributed by atoms with Gasteiger partial charge in [0.25, 0.3) is 0 Å². The predicted molar refractivity (Wildman–Crippen MR) is 109 cm³/mol. The fourth-order valence-corrected chi connectivity index (χ4v) is 4.17. The number of hydrogen-bond donors (Lipinski definition) is 2. The third-order valence-corrected chi connectivity index (χ3v) is 5.80. The van der Waals surface area contributed by atoms with Gasteiger partial charge >= 0.3 is 0 Å². The molecule has 0 radical (unpaired) electrons. The van der Waals surface area contributed by atoms with E-state index in [0.717, 1.165) is 12.1 Å². The van der Waals surface area contributed by atoms with Crippen molar-refractivity contribution in [1.29, 1.82) is 0 Å². The maximum atomic E-state index is 14.8. The van der Waals surface area contributed by atoms with Crippen molar-refractivity contribution < 1.29 is 26.7 Å². The number of benzene rings is 1. The van der Waals surface area contributed by atoms with Gasteiger partial charge in [-0.1, -0.05) is 6.92 Å². The maximum absolute atomic E-state index is 14.8. The first-order chi connectivity index (χ1) is 14.3. The summed E-state index contributed by atoms with van der Waals surface area (Å²) >= 11 is 0. The number of carbonyl (C=O) groups excluding carboxylic acids is 1. The number of rotatable bonds is 9. The summed E-state index contributed by atoms with van der Waals surface area (Å²) in [6.45, 7) is 3.92. The second kappa shape index (κ2) is 8.78. The standard InChI is InChI=1S/C20H21F2N3O4S/c1-3-7-30(27,28)25-15-6-5-14(21)18(19(15)22)16(26)9-12-8-13-17(29-4-2)11-24-20(13)23-10-12/h5-6,8,10-11,25H,3-4,7,9H2,1-2H3,(H,23,24). The third-order valence-electron chi connectivity index (χ3n) is 4.32. The van der Waals surface area contributed by atoms with Crippen molar-refractivity contribution in [3.8, 4) is 5.75 Å². The average Bonchev–Trinajstić information content (AvgIpc) is 3.07. The van der Waals surface area contributed by atoms with E-state index in [1.54, 1.807) is 19.2 Å². The van der Waals surface area contributed by atoms with Gasteiger partial charge in [-0.05, 0) is 37.1 Å². The lowest BCUT2D eigenvalue weighted by Crippen LogP contribution is -2.19. The zero-order chi connectivity index (χ0) is 21.9. The summed E-state index contributed by atoms with van der Waals surface area (Å²) in [5.74, 6) is -2.82. The summed E-state index contributed by atoms with van der Waals surface area (Å²) in [5.41, 5.74) is -0.278. The number of aromatic amines is 1. The molecule has 3 aromatic rings. The van der Waals surface area contributed by atoms with Gasteiger partial charge in [0.1, 0.15) is 17.2 Å². The van der Waals surface area contributed by atoms with Crippen molar-refractivity contribution in [2.45, 2.75) is 26.7 Å². The van der Waals surface area contributed by atoms with Crippen LogP contribution >= 0.6 is 0 Å². The number of sulfonamides is 1. The lowest BCUT2D eigenvalue weighted by atomic mass is 10.0. The number of Topliss-reactive ketones (excluding diaryl/α,β-unsaturated/α-hetero) is 1. The molecular formula is C20H21F2N3O4S. The number of ether oxygens (including phenoxy) is 1. The summed E-state index contributed by atoms with van der Waals surface area (Å²) in [6, 6.07) is 3.47. The molecule has 0 fully saturated rings. The van der Waals surface area contributed by atoms with Crippen LogP contribution in [0.4, 0.5) is 14.5 Å². The quantitative estimate of drug-likeness (QED) is 0.496. The summed E-state index contributed by atoms with van der Waals surface area (Å²) in [5, 5.41) is 0.643. The Hall–Kier alpha value is -3.01. The van der Waals surface area contributed by atoms with Crippen LogP contribution in [0.3, 0.4) is 0 Å². The first-order valence-corrected chi connectivity index (χ1v) is 11.0. The first kappa shape index (κ1) is 21.7. The van der Waals surface area contributed by atoms with Gasteiger partial charge in [-0.2, -0.15) is 0 Å². The number of nitrogens with zero attached hydrogens (tertiary/aromatic N) is 1. The number of ketones is 1. The number of pyridine rings is 1. The minimum Gasteiger partial charge on any atom is -0.492 e. The van der Waals surface area contributed by atoms with Gasteiger partial charge in [-0.15, -0.1) is 0 Å². The normalized spacial score (nSPS) is 11.6. The SMILES string of the molecule is CCCS(=O)(=O)Nc1ccc(F)c(C(=O)Cc2cnc3[nH]cc(OCC)c3c2)c1F. The van der Waals surface area contributed by atoms with Gasteiger partial charge < -0.3 is 9.72 Å². The van der Waals surface area contributed by atoms with Crippen LogP contribution in [0.15, 0.2) is 30.6 Å². The predicted octanol–water partition coefficient (Wildman–Crippen LogP) is 3.82. The molecule has 0 aliphatic carbocycles. The molecule has 0 bridgehead atoms. The molecule has 160 valence electrons. The second-order valence-corrected chi connectivity index (χ2v) is 8.47. The highest BCUT2D eigenvalue weighted by Gasteiger charge is 2.23. The molecule has 0 amide bonds. The molecular weight excluding hydrogens is 416 g/mol. The summed E-state index contributed by atoms with van der Waals surface area (Å²) in [6.07, 6.45) is 3.06. The molecule has 0 spiro atoms. The van der Waals surface area contributed by atoms with Crippen molar-refractivity contribution >= 4 is 32.5 Å². The average molecular weight is 437 g/mol. The van der Waals surface area contributed by atoms with Crippen LogP contribution in [0.25, 0.3) is 11.0 Å². The van der Waals surface area contributed by atoms with Crippen LogP contribution in [0.2, 0.25) is 0 Å². The molecule has 1 aromatic carbocycles. The molecule has 3 rings (SSSR count). The number of carbonyl (C=O) groups is 1. The minimum atomic E-state index is -3.80. The van der Waals surface area contributed by atoms with Crippen molar-refractivity contribution in [1.82, 2.24) is 9.97 Å². The van der Waals surface area contributed by atoms with Gasteiger partial charge in [0, 0.05) is 18.8 Å².